The third-order valence-electron chi connectivity index (χ3n) is 3.14. The van der Waals surface area contributed by atoms with Gasteiger partial charge in [0.05, 0.1) is 5.92 Å². The molecule has 0 aliphatic heterocycles. The SMILES string of the molecule is CCC(C)NC(=O)NC1CCCC1C(=O)O. The van der Waals surface area contributed by atoms with Gasteiger partial charge in [-0.05, 0) is 26.2 Å². The Hall–Kier alpha value is -1.26. The lowest BCUT2D eigenvalue weighted by Crippen LogP contribution is -2.47. The summed E-state index contributed by atoms with van der Waals surface area (Å²) in [5.41, 5.74) is 0. The molecule has 0 radical (unpaired) electrons. The molecule has 0 aromatic rings. The molecule has 3 atom stereocenters. The van der Waals surface area contributed by atoms with Crippen molar-refractivity contribution in [3.63, 3.8) is 0 Å². The van der Waals surface area contributed by atoms with E-state index >= 15 is 0 Å². The summed E-state index contributed by atoms with van der Waals surface area (Å²) >= 11 is 0. The maximum absolute atomic E-state index is 11.5. The van der Waals surface area contributed by atoms with Crippen LogP contribution in [0.2, 0.25) is 0 Å². The molecule has 0 spiro atoms. The number of hydrogen-bond acceptors (Lipinski definition) is 2. The van der Waals surface area contributed by atoms with Crippen molar-refractivity contribution in [2.45, 2.75) is 51.6 Å². The molecule has 0 aromatic heterocycles. The number of nitrogens with one attached hydrogen (secondary N) is 2. The zero-order chi connectivity index (χ0) is 12.1. The molecule has 0 aromatic carbocycles. The van der Waals surface area contributed by atoms with Crippen LogP contribution in [0.3, 0.4) is 0 Å². The number of carboxylic acids is 1. The van der Waals surface area contributed by atoms with Gasteiger partial charge in [0.25, 0.3) is 0 Å². The Bertz CT molecular complexity index is 268. The highest BCUT2D eigenvalue weighted by Gasteiger charge is 2.33. The molecule has 1 fully saturated rings. The lowest BCUT2D eigenvalue weighted by Gasteiger charge is -2.19. The highest BCUT2D eigenvalue weighted by Crippen LogP contribution is 2.25. The van der Waals surface area contributed by atoms with Crippen LogP contribution in [0.1, 0.15) is 39.5 Å². The smallest absolute Gasteiger partial charge is 0.315 e. The summed E-state index contributed by atoms with van der Waals surface area (Å²) < 4.78 is 0. The van der Waals surface area contributed by atoms with Crippen LogP contribution >= 0.6 is 0 Å². The summed E-state index contributed by atoms with van der Waals surface area (Å²) in [5.74, 6) is -1.24. The van der Waals surface area contributed by atoms with Crippen LogP contribution in [0, 0.1) is 5.92 Å². The van der Waals surface area contributed by atoms with Crippen molar-refractivity contribution >= 4 is 12.0 Å². The summed E-state index contributed by atoms with van der Waals surface area (Å²) in [5, 5.41) is 14.5. The zero-order valence-corrected chi connectivity index (χ0v) is 9.82. The molecular formula is C11H20N2O3. The average Bonchev–Trinajstić information content (AvgIpc) is 2.65. The molecule has 16 heavy (non-hydrogen) atoms. The van der Waals surface area contributed by atoms with Crippen LogP contribution in [0.4, 0.5) is 4.79 Å². The third kappa shape index (κ3) is 3.40. The van der Waals surface area contributed by atoms with Crippen LogP contribution in [0.5, 0.6) is 0 Å². The van der Waals surface area contributed by atoms with E-state index in [0.29, 0.717) is 6.42 Å². The molecule has 1 aliphatic carbocycles. The van der Waals surface area contributed by atoms with Gasteiger partial charge in [0, 0.05) is 12.1 Å². The molecule has 3 N–H and O–H groups in total. The number of carboxylic acid groups (broad SMARTS) is 1. The molecule has 92 valence electrons. The molecule has 0 bridgehead atoms. The fraction of sp³-hybridized carbons (Fsp3) is 0.818. The van der Waals surface area contributed by atoms with Gasteiger partial charge >= 0.3 is 12.0 Å². The van der Waals surface area contributed by atoms with Gasteiger partial charge in [-0.1, -0.05) is 13.3 Å². The largest absolute Gasteiger partial charge is 0.481 e. The number of amides is 2. The second-order valence-electron chi connectivity index (χ2n) is 4.41. The molecule has 5 heteroatoms. The van der Waals surface area contributed by atoms with Crippen molar-refractivity contribution in [3.05, 3.63) is 0 Å². The van der Waals surface area contributed by atoms with Crippen molar-refractivity contribution in [2.75, 3.05) is 0 Å². The Labute approximate surface area is 95.6 Å². The van der Waals surface area contributed by atoms with E-state index in [1.807, 2.05) is 13.8 Å². The summed E-state index contributed by atoms with van der Waals surface area (Å²) in [6.07, 6.45) is 3.14. The first-order chi connectivity index (χ1) is 7.54. The summed E-state index contributed by atoms with van der Waals surface area (Å²) in [6, 6.07) is -0.362. The number of aliphatic carboxylic acids is 1. The lowest BCUT2D eigenvalue weighted by molar-refractivity contribution is -0.142. The number of hydrogen-bond donors (Lipinski definition) is 3. The van der Waals surface area contributed by atoms with Crippen molar-refractivity contribution in [2.24, 2.45) is 5.92 Å². The topological polar surface area (TPSA) is 78.4 Å². The maximum atomic E-state index is 11.5. The van der Waals surface area contributed by atoms with Crippen molar-refractivity contribution in [1.29, 1.82) is 0 Å². The van der Waals surface area contributed by atoms with E-state index in [2.05, 4.69) is 10.6 Å². The molecule has 1 saturated carbocycles. The highest BCUT2D eigenvalue weighted by molar-refractivity contribution is 5.77. The second kappa shape index (κ2) is 5.72. The van der Waals surface area contributed by atoms with Gasteiger partial charge in [-0.15, -0.1) is 0 Å². The average molecular weight is 228 g/mol. The van der Waals surface area contributed by atoms with Gasteiger partial charge in [-0.3, -0.25) is 4.79 Å². The quantitative estimate of drug-likeness (QED) is 0.679. The van der Waals surface area contributed by atoms with E-state index in [1.54, 1.807) is 0 Å². The number of rotatable bonds is 4. The minimum atomic E-state index is -0.814. The fourth-order valence-corrected chi connectivity index (χ4v) is 1.96. The Morgan fingerprint density at radius 3 is 2.69 bits per heavy atom. The first-order valence-corrected chi connectivity index (χ1v) is 5.84. The van der Waals surface area contributed by atoms with Crippen LogP contribution in [-0.4, -0.2) is 29.2 Å². The predicted molar refractivity (Wildman–Crippen MR) is 60.2 cm³/mol. The molecule has 2 amide bonds. The molecule has 3 unspecified atom stereocenters. The normalized spacial score (nSPS) is 26.1. The molecule has 1 aliphatic rings. The van der Waals surface area contributed by atoms with Gasteiger partial charge in [0.2, 0.25) is 0 Å². The summed E-state index contributed by atoms with van der Waals surface area (Å²) in [6.45, 7) is 3.91. The van der Waals surface area contributed by atoms with Gasteiger partial charge in [-0.2, -0.15) is 0 Å². The van der Waals surface area contributed by atoms with E-state index in [9.17, 15) is 9.59 Å². The Morgan fingerprint density at radius 1 is 1.44 bits per heavy atom. The minimum Gasteiger partial charge on any atom is -0.481 e. The first kappa shape index (κ1) is 12.8. The monoisotopic (exact) mass is 228 g/mol. The Morgan fingerprint density at radius 2 is 2.12 bits per heavy atom. The molecule has 5 nitrogen and oxygen atoms in total. The van der Waals surface area contributed by atoms with Crippen LogP contribution < -0.4 is 10.6 Å². The van der Waals surface area contributed by atoms with Gasteiger partial charge in [0.15, 0.2) is 0 Å². The fourth-order valence-electron chi connectivity index (χ4n) is 1.96. The van der Waals surface area contributed by atoms with Crippen LogP contribution in [-0.2, 0) is 4.79 Å². The van der Waals surface area contributed by atoms with Crippen molar-refractivity contribution in [3.8, 4) is 0 Å². The molecule has 0 heterocycles. The van der Waals surface area contributed by atoms with Crippen LogP contribution in [0.15, 0.2) is 0 Å². The van der Waals surface area contributed by atoms with Gasteiger partial charge in [0.1, 0.15) is 0 Å². The van der Waals surface area contributed by atoms with E-state index < -0.39 is 11.9 Å². The van der Waals surface area contributed by atoms with Crippen molar-refractivity contribution < 1.29 is 14.7 Å². The molecule has 1 rings (SSSR count). The lowest BCUT2D eigenvalue weighted by atomic mass is 10.0. The standard InChI is InChI=1S/C11H20N2O3/c1-3-7(2)12-11(16)13-9-6-4-5-8(9)10(14)15/h7-9H,3-6H2,1-2H3,(H,14,15)(H2,12,13,16). The summed E-state index contributed by atoms with van der Waals surface area (Å²) in [4.78, 5) is 22.4. The van der Waals surface area contributed by atoms with Gasteiger partial charge in [-0.25, -0.2) is 4.79 Å². The summed E-state index contributed by atoms with van der Waals surface area (Å²) in [7, 11) is 0. The molecular weight excluding hydrogens is 208 g/mol. The second-order valence-corrected chi connectivity index (χ2v) is 4.41. The van der Waals surface area contributed by atoms with E-state index in [1.165, 1.54) is 0 Å². The maximum Gasteiger partial charge on any atom is 0.315 e. The first-order valence-electron chi connectivity index (χ1n) is 5.84. The number of carbonyl (C=O) groups is 2. The Kier molecular flexibility index (Phi) is 4.58. The minimum absolute atomic E-state index is 0.115. The number of carbonyl (C=O) groups excluding carboxylic acids is 1. The predicted octanol–water partition coefficient (Wildman–Crippen LogP) is 1.34. The Balaban J connectivity index is 2.41. The van der Waals surface area contributed by atoms with Crippen molar-refractivity contribution in [1.82, 2.24) is 10.6 Å². The van der Waals surface area contributed by atoms with Gasteiger partial charge < -0.3 is 15.7 Å². The third-order valence-corrected chi connectivity index (χ3v) is 3.14. The van der Waals surface area contributed by atoms with E-state index in [4.69, 9.17) is 5.11 Å². The van der Waals surface area contributed by atoms with E-state index in [0.717, 1.165) is 19.3 Å². The number of urea groups is 1. The highest BCUT2D eigenvalue weighted by atomic mass is 16.4. The van der Waals surface area contributed by atoms with Crippen LogP contribution in [0.25, 0.3) is 0 Å². The zero-order valence-electron chi connectivity index (χ0n) is 9.82. The molecule has 0 saturated heterocycles. The van der Waals surface area contributed by atoms with E-state index in [-0.39, 0.29) is 18.1 Å².